The summed E-state index contributed by atoms with van der Waals surface area (Å²) in [6.45, 7) is 35.3. The lowest BCUT2D eigenvalue weighted by Crippen LogP contribution is -2.61. The lowest BCUT2D eigenvalue weighted by Gasteiger charge is -2.59. The topological polar surface area (TPSA) is 197 Å². The molecular formula is C83H118F2O12S2. The molecule has 0 aromatic heterocycles. The van der Waals surface area contributed by atoms with Gasteiger partial charge in [-0.25, -0.2) is 8.42 Å². The molecule has 0 amide bonds. The Kier molecular flexibility index (Phi) is 34.3. The van der Waals surface area contributed by atoms with Gasteiger partial charge in [0.05, 0.1) is 38.3 Å². The maximum atomic E-state index is 13.0. The number of alkyl halides is 2. The van der Waals surface area contributed by atoms with Crippen LogP contribution in [0.1, 0.15) is 237 Å². The number of halogens is 2. The Labute approximate surface area is 596 Å². The van der Waals surface area contributed by atoms with Gasteiger partial charge in [-0.2, -0.15) is 8.78 Å². The van der Waals surface area contributed by atoms with Crippen LogP contribution < -0.4 is 4.74 Å². The van der Waals surface area contributed by atoms with Crippen molar-refractivity contribution in [2.45, 2.75) is 258 Å². The van der Waals surface area contributed by atoms with Crippen molar-refractivity contribution in [1.82, 2.24) is 0 Å². The molecule has 0 saturated heterocycles. The third-order valence-corrected chi connectivity index (χ3v) is 22.3. The summed E-state index contributed by atoms with van der Waals surface area (Å²) in [7, 11) is -5.87. The number of hydrogen-bond acceptors (Lipinski definition) is 12. The van der Waals surface area contributed by atoms with Crippen molar-refractivity contribution in [2.75, 3.05) is 0 Å². The number of aromatic hydroxyl groups is 1. The van der Waals surface area contributed by atoms with Crippen LogP contribution in [0.25, 0.3) is 5.57 Å². The summed E-state index contributed by atoms with van der Waals surface area (Å²) in [5, 5.41) is 24.8. The van der Waals surface area contributed by atoms with Crippen molar-refractivity contribution in [2.24, 2.45) is 28.1 Å². The van der Waals surface area contributed by atoms with E-state index in [4.69, 9.17) is 14.6 Å². The van der Waals surface area contributed by atoms with E-state index < -0.39 is 54.9 Å². The summed E-state index contributed by atoms with van der Waals surface area (Å²) in [5.41, 5.74) is 2.58. The zero-order valence-electron chi connectivity index (χ0n) is 60.5. The second kappa shape index (κ2) is 38.4. The smallest absolute Gasteiger partial charge is 0.369 e. The minimum absolute atomic E-state index is 0. The van der Waals surface area contributed by atoms with E-state index in [0.717, 1.165) is 56.1 Å². The van der Waals surface area contributed by atoms with Crippen LogP contribution in [0.2, 0.25) is 0 Å². The summed E-state index contributed by atoms with van der Waals surface area (Å²) >= 11 is 0. The van der Waals surface area contributed by atoms with Gasteiger partial charge in [-0.3, -0.25) is 14.4 Å². The van der Waals surface area contributed by atoms with E-state index in [1.165, 1.54) is 70.2 Å². The molecule has 4 saturated carbocycles. The highest BCUT2D eigenvalue weighted by molar-refractivity contribution is 7.97. The third kappa shape index (κ3) is 26.3. The van der Waals surface area contributed by atoms with E-state index >= 15 is 0 Å². The second-order valence-corrected chi connectivity index (χ2v) is 32.3. The highest BCUT2D eigenvalue weighted by Crippen LogP contribution is 2.59. The molecule has 99 heavy (non-hydrogen) atoms. The van der Waals surface area contributed by atoms with E-state index in [1.807, 2.05) is 74.4 Å². The van der Waals surface area contributed by atoms with Crippen LogP contribution in [0.3, 0.4) is 0 Å². The molecule has 4 aliphatic carbocycles. The molecular weight excluding hydrogens is 1290 g/mol. The van der Waals surface area contributed by atoms with Gasteiger partial charge in [0.15, 0.2) is 30.9 Å². The highest BCUT2D eigenvalue weighted by Gasteiger charge is 2.59. The Morgan fingerprint density at radius 3 is 1.31 bits per heavy atom. The molecule has 10 rings (SSSR count). The first-order valence-electron chi connectivity index (χ1n) is 34.1. The highest BCUT2D eigenvalue weighted by atomic mass is 32.2. The number of hydrogen-bond donors (Lipinski definition) is 3. The number of ether oxygens (including phenoxy) is 3. The fourth-order valence-corrected chi connectivity index (χ4v) is 13.8. The maximum Gasteiger partial charge on any atom is 0.369 e. The van der Waals surface area contributed by atoms with Gasteiger partial charge >= 0.3 is 23.2 Å². The molecule has 5 atom stereocenters. The fraction of sp³-hybridized carbons (Fsp3) is 0.506. The Balaban J connectivity index is 0.000000405. The molecule has 0 radical (unpaired) electrons. The van der Waals surface area contributed by atoms with Crippen LogP contribution in [-0.2, 0) is 50.5 Å². The number of benzene rings is 6. The van der Waals surface area contributed by atoms with E-state index in [-0.39, 0.29) is 49.0 Å². The number of phenolic OH excluding ortho intramolecular Hbond substituents is 1. The monoisotopic (exact) mass is 1410 g/mol. The van der Waals surface area contributed by atoms with Crippen molar-refractivity contribution >= 4 is 44.5 Å². The summed E-state index contributed by atoms with van der Waals surface area (Å²) in [6.07, 6.45) is 7.54. The van der Waals surface area contributed by atoms with Crippen LogP contribution in [0.4, 0.5) is 8.78 Å². The van der Waals surface area contributed by atoms with Gasteiger partial charge in [0, 0.05) is 6.42 Å². The lowest BCUT2D eigenvalue weighted by atomic mass is 9.52. The largest absolute Gasteiger partial charge is 0.743 e. The van der Waals surface area contributed by atoms with Gasteiger partial charge in [-0.1, -0.05) is 179 Å². The van der Waals surface area contributed by atoms with Crippen LogP contribution in [0.5, 0.6) is 11.5 Å². The molecule has 0 aliphatic heterocycles. The van der Waals surface area contributed by atoms with Crippen molar-refractivity contribution in [3.63, 3.8) is 0 Å². The quantitative estimate of drug-likeness (QED) is 0.0283. The van der Waals surface area contributed by atoms with Gasteiger partial charge in [-0.15, -0.1) is 0 Å². The van der Waals surface area contributed by atoms with E-state index in [2.05, 4.69) is 166 Å². The van der Waals surface area contributed by atoms with Crippen molar-refractivity contribution in [3.8, 4) is 11.5 Å². The average molecular weight is 1410 g/mol. The molecule has 4 fully saturated rings. The number of aliphatic hydroxyl groups is 2. The van der Waals surface area contributed by atoms with Crippen LogP contribution in [0.15, 0.2) is 185 Å². The predicted octanol–water partition coefficient (Wildman–Crippen LogP) is 21.0. The van der Waals surface area contributed by atoms with Gasteiger partial charge in [0.1, 0.15) is 17.1 Å². The molecule has 6 aromatic carbocycles. The summed E-state index contributed by atoms with van der Waals surface area (Å²) in [4.78, 5) is 39.6. The fourth-order valence-electron chi connectivity index (χ4n) is 11.2. The molecule has 548 valence electrons. The molecule has 3 N–H and O–H groups in total. The van der Waals surface area contributed by atoms with E-state index in [1.54, 1.807) is 19.1 Å². The van der Waals surface area contributed by atoms with E-state index in [0.29, 0.717) is 49.2 Å². The van der Waals surface area contributed by atoms with Crippen molar-refractivity contribution in [3.05, 3.63) is 193 Å². The molecule has 0 spiro atoms. The lowest BCUT2D eigenvalue weighted by molar-refractivity contribution is -0.225. The van der Waals surface area contributed by atoms with Crippen LogP contribution in [0, 0.1) is 28.1 Å². The zero-order valence-corrected chi connectivity index (χ0v) is 62.2. The minimum Gasteiger partial charge on any atom is -0.743 e. The number of phenols is 1. The molecule has 12 nitrogen and oxygen atoms in total. The molecule has 0 heterocycles. The summed E-state index contributed by atoms with van der Waals surface area (Å²) < 4.78 is 72.4. The number of carbonyl (C=O) groups is 3. The average Bonchev–Trinajstić information content (AvgIpc) is 0.728. The maximum absolute atomic E-state index is 13.0. The Morgan fingerprint density at radius 1 is 0.596 bits per heavy atom. The minimum atomic E-state index is -5.86. The zero-order chi connectivity index (χ0) is 73.0. The second-order valence-electron chi connectivity index (χ2n) is 28.9. The van der Waals surface area contributed by atoms with Crippen LogP contribution >= 0.6 is 0 Å². The van der Waals surface area contributed by atoms with Crippen molar-refractivity contribution < 1.29 is 65.7 Å². The van der Waals surface area contributed by atoms with Gasteiger partial charge in [0.25, 0.3) is 0 Å². The van der Waals surface area contributed by atoms with E-state index in [9.17, 15) is 46.3 Å². The summed E-state index contributed by atoms with van der Waals surface area (Å²) in [5.74, 6) is 1.69. The molecule has 4 bridgehead atoms. The van der Waals surface area contributed by atoms with Gasteiger partial charge in [0.2, 0.25) is 0 Å². The predicted molar refractivity (Wildman–Crippen MR) is 400 cm³/mol. The first-order valence-corrected chi connectivity index (χ1v) is 36.7. The van der Waals surface area contributed by atoms with Crippen LogP contribution in [-0.4, -0.2) is 68.8 Å². The van der Waals surface area contributed by atoms with Gasteiger partial charge < -0.3 is 34.1 Å². The third-order valence-electron chi connectivity index (χ3n) is 19.1. The molecule has 16 heteroatoms. The standard InChI is InChI=1S/C18H15S.C16H26O3.C13H20O.C13H18.C12H16O3.C9H16F2O5S.2CH4/c1-4-10-16(11-5-1)19(17-12-6-2-7-13-17)18-14-8-3-9-15-18;1-4-14(2,3)13(17)19-16-8-11-5-12(9-16)7-15(18,6-11)10-16;1-5-10(2)11-6-8-12(9-7-11)13(3,4)14;1-5-11(4)13-8-6-12(7-9-13)10(2)3;1-4-12(2,3)11(14)15-10-7-5-9(13)6-8-10;1-5-8(3,4)7(12)16-6(2)9(10,11)17(13,14)15;;/h1-15H;11-12,18H,4-10H2,1-3H3;6-10,14H,5H2,1-4H3;6-9,11H,2,5H2,1,3-4H3;5-8,13H,4H2,1-3H3;6H,5H2,1-4H3,(H,13,14,15);2*1H4/q+1;;;;;;;/p-1. The number of allylic oxidation sites excluding steroid dienone is 1. The van der Waals surface area contributed by atoms with Gasteiger partial charge in [-0.05, 0) is 240 Å². The van der Waals surface area contributed by atoms with Crippen molar-refractivity contribution in [1.29, 1.82) is 0 Å². The molecule has 4 aliphatic rings. The summed E-state index contributed by atoms with van der Waals surface area (Å²) in [6, 6.07) is 55.2. The molecule has 6 aromatic rings. The Hall–Kier alpha value is -6.69. The number of carbonyl (C=O) groups excluding carboxylic acids is 3. The number of esters is 3. The Bertz CT molecular complexity index is 3410. The Morgan fingerprint density at radius 2 is 0.970 bits per heavy atom. The molecule has 5 unspecified atom stereocenters. The normalized spacial score (nSPS) is 18.5. The first kappa shape index (κ1) is 88.4. The first-order chi connectivity index (χ1) is 45.1. The number of rotatable bonds is 20. The SMILES string of the molecule is C.C.C=C(C)c1ccc(C(C)CC)cc1.CCC(C)(C)C(=O)OC(C)C(F)(F)S(=O)(=O)[O-].CCC(C)(C)C(=O)OC12CC3CC(CC(O)(C3)C1)C2.CCC(C)(C)C(=O)Oc1ccc(O)cc1.CCC(C)c1ccc(C(C)(C)O)cc1.c1ccc([S+](c2ccccc2)c2ccccc2)cc1.